The van der Waals surface area contributed by atoms with Gasteiger partial charge >= 0.3 is 5.97 Å². The molecule has 0 saturated heterocycles. The van der Waals surface area contributed by atoms with Gasteiger partial charge in [0, 0.05) is 10.0 Å². The summed E-state index contributed by atoms with van der Waals surface area (Å²) in [5.74, 6) is -1.11. The molecule has 0 spiro atoms. The molecule has 1 aromatic carbocycles. The van der Waals surface area contributed by atoms with Gasteiger partial charge in [-0.3, -0.25) is 4.79 Å². The Morgan fingerprint density at radius 3 is 2.32 bits per heavy atom. The number of rotatable bonds is 4. The Hall–Kier alpha value is -1.40. The van der Waals surface area contributed by atoms with Crippen molar-refractivity contribution in [3.8, 4) is 0 Å². The Morgan fingerprint density at radius 2 is 1.89 bits per heavy atom. The molecule has 19 heavy (non-hydrogen) atoms. The third-order valence-corrected chi connectivity index (χ3v) is 3.92. The number of halogens is 1. The summed E-state index contributed by atoms with van der Waals surface area (Å²) < 4.78 is 5.43. The average Bonchev–Trinajstić information content (AvgIpc) is 2.40. The molecular formula is C13H16BrNO4. The number of methoxy groups -OCH3 is 1. The van der Waals surface area contributed by atoms with Crippen LogP contribution < -0.4 is 5.32 Å². The molecule has 2 N–H and O–H groups in total. The molecule has 0 aromatic heterocycles. The van der Waals surface area contributed by atoms with E-state index >= 15 is 0 Å². The molecule has 0 aliphatic rings. The van der Waals surface area contributed by atoms with Crippen LogP contribution in [-0.4, -0.2) is 36.7 Å². The predicted molar refractivity (Wildman–Crippen MR) is 74.0 cm³/mol. The van der Waals surface area contributed by atoms with Crippen molar-refractivity contribution in [2.24, 2.45) is 0 Å². The number of carbonyl (C=O) groups excluding carboxylic acids is 2. The standard InChI is InChI=1S/C13H16BrNO4/c1-7-4-9(5-8(2)11(7)14)12(17)15-10(6-16)13(18)19-3/h4-5,10,16H,6H2,1-3H3,(H,15,17)/t10-/m0/s1. The third-order valence-electron chi connectivity index (χ3n) is 2.67. The van der Waals surface area contributed by atoms with Crippen LogP contribution in [0, 0.1) is 13.8 Å². The maximum atomic E-state index is 12.0. The lowest BCUT2D eigenvalue weighted by atomic mass is 10.1. The fourth-order valence-corrected chi connectivity index (χ4v) is 1.87. The maximum Gasteiger partial charge on any atom is 0.330 e. The fourth-order valence-electron chi connectivity index (χ4n) is 1.64. The first-order chi connectivity index (χ1) is 8.90. The first kappa shape index (κ1) is 15.7. The number of aryl methyl sites for hydroxylation is 2. The van der Waals surface area contributed by atoms with Crippen LogP contribution in [0.3, 0.4) is 0 Å². The molecule has 0 heterocycles. The second-order valence-corrected chi connectivity index (χ2v) is 4.95. The van der Waals surface area contributed by atoms with Gasteiger partial charge in [-0.2, -0.15) is 0 Å². The van der Waals surface area contributed by atoms with Crippen molar-refractivity contribution in [3.63, 3.8) is 0 Å². The van der Waals surface area contributed by atoms with Crippen LogP contribution in [-0.2, 0) is 9.53 Å². The van der Waals surface area contributed by atoms with E-state index in [0.29, 0.717) is 5.56 Å². The SMILES string of the molecule is COC(=O)[C@H](CO)NC(=O)c1cc(C)c(Br)c(C)c1. The van der Waals surface area contributed by atoms with Gasteiger partial charge in [-0.05, 0) is 37.1 Å². The zero-order chi connectivity index (χ0) is 14.6. The molecular weight excluding hydrogens is 314 g/mol. The van der Waals surface area contributed by atoms with Crippen LogP contribution in [0.25, 0.3) is 0 Å². The van der Waals surface area contributed by atoms with Crippen LogP contribution in [0.15, 0.2) is 16.6 Å². The second kappa shape index (κ2) is 6.68. The number of esters is 1. The van der Waals surface area contributed by atoms with Gasteiger partial charge in [0.1, 0.15) is 0 Å². The number of carbonyl (C=O) groups is 2. The normalized spacial score (nSPS) is 11.8. The summed E-state index contributed by atoms with van der Waals surface area (Å²) in [5, 5.41) is 11.5. The lowest BCUT2D eigenvalue weighted by Gasteiger charge is -2.14. The first-order valence-electron chi connectivity index (χ1n) is 5.67. The van der Waals surface area contributed by atoms with Crippen LogP contribution in [0.1, 0.15) is 21.5 Å². The van der Waals surface area contributed by atoms with E-state index in [1.54, 1.807) is 12.1 Å². The van der Waals surface area contributed by atoms with Crippen molar-refractivity contribution in [3.05, 3.63) is 33.3 Å². The Morgan fingerprint density at radius 1 is 1.37 bits per heavy atom. The molecule has 0 saturated carbocycles. The number of ether oxygens (including phenoxy) is 1. The van der Waals surface area contributed by atoms with Crippen molar-refractivity contribution >= 4 is 27.8 Å². The van der Waals surface area contributed by atoms with Gasteiger partial charge in [-0.25, -0.2) is 4.79 Å². The van der Waals surface area contributed by atoms with Crippen molar-refractivity contribution in [1.29, 1.82) is 0 Å². The molecule has 0 unspecified atom stereocenters. The highest BCUT2D eigenvalue weighted by molar-refractivity contribution is 9.10. The molecule has 5 nitrogen and oxygen atoms in total. The quantitative estimate of drug-likeness (QED) is 0.817. The molecule has 104 valence electrons. The predicted octanol–water partition coefficient (Wildman–Crippen LogP) is 1.33. The van der Waals surface area contributed by atoms with Crippen molar-refractivity contribution in [2.75, 3.05) is 13.7 Å². The smallest absolute Gasteiger partial charge is 0.330 e. The number of amides is 1. The van der Waals surface area contributed by atoms with Crippen molar-refractivity contribution in [1.82, 2.24) is 5.32 Å². The number of hydrogen-bond acceptors (Lipinski definition) is 4. The molecule has 0 radical (unpaired) electrons. The Labute approximate surface area is 120 Å². The molecule has 0 bridgehead atoms. The summed E-state index contributed by atoms with van der Waals surface area (Å²) in [6.07, 6.45) is 0. The number of hydrogen-bond donors (Lipinski definition) is 2. The van der Waals surface area contributed by atoms with Crippen molar-refractivity contribution < 1.29 is 19.4 Å². The van der Waals surface area contributed by atoms with Gasteiger partial charge in [0.05, 0.1) is 13.7 Å². The summed E-state index contributed by atoms with van der Waals surface area (Å²) in [7, 11) is 1.20. The molecule has 1 aromatic rings. The Balaban J connectivity index is 2.92. The maximum absolute atomic E-state index is 12.0. The molecule has 6 heteroatoms. The van der Waals surface area contributed by atoms with E-state index < -0.39 is 24.5 Å². The molecule has 0 fully saturated rings. The molecule has 0 aliphatic carbocycles. The van der Waals surface area contributed by atoms with E-state index in [0.717, 1.165) is 15.6 Å². The van der Waals surface area contributed by atoms with Gasteiger partial charge in [0.2, 0.25) is 0 Å². The van der Waals surface area contributed by atoms with Crippen molar-refractivity contribution in [2.45, 2.75) is 19.9 Å². The number of nitrogens with one attached hydrogen (secondary N) is 1. The van der Waals surface area contributed by atoms with Crippen LogP contribution in [0.5, 0.6) is 0 Å². The molecule has 1 atom stereocenters. The average molecular weight is 330 g/mol. The van der Waals surface area contributed by atoms with E-state index in [2.05, 4.69) is 26.0 Å². The topological polar surface area (TPSA) is 75.6 Å². The Bertz CT molecular complexity index is 478. The summed E-state index contributed by atoms with van der Waals surface area (Å²) >= 11 is 3.42. The minimum absolute atomic E-state index is 0.428. The molecule has 1 rings (SSSR count). The van der Waals surface area contributed by atoms with Crippen LogP contribution in [0.2, 0.25) is 0 Å². The number of aliphatic hydroxyl groups is 1. The highest BCUT2D eigenvalue weighted by Gasteiger charge is 2.21. The summed E-state index contributed by atoms with van der Waals surface area (Å²) in [4.78, 5) is 23.3. The Kier molecular flexibility index (Phi) is 5.50. The second-order valence-electron chi connectivity index (χ2n) is 4.16. The lowest BCUT2D eigenvalue weighted by molar-refractivity contribution is -0.143. The van der Waals surface area contributed by atoms with Gasteiger partial charge in [-0.1, -0.05) is 15.9 Å². The highest BCUT2D eigenvalue weighted by atomic mass is 79.9. The zero-order valence-corrected chi connectivity index (χ0v) is 12.6. The number of aliphatic hydroxyl groups excluding tert-OH is 1. The molecule has 1 amide bonds. The van der Waals surface area contributed by atoms with Gasteiger partial charge in [0.15, 0.2) is 6.04 Å². The number of benzene rings is 1. The largest absolute Gasteiger partial charge is 0.467 e. The van der Waals surface area contributed by atoms with Gasteiger partial charge in [0.25, 0.3) is 5.91 Å². The van der Waals surface area contributed by atoms with E-state index in [9.17, 15) is 9.59 Å². The van der Waals surface area contributed by atoms with E-state index in [1.165, 1.54) is 7.11 Å². The first-order valence-corrected chi connectivity index (χ1v) is 6.46. The van der Waals surface area contributed by atoms with Crippen LogP contribution >= 0.6 is 15.9 Å². The van der Waals surface area contributed by atoms with Crippen LogP contribution in [0.4, 0.5) is 0 Å². The van der Waals surface area contributed by atoms with E-state index in [-0.39, 0.29) is 0 Å². The third kappa shape index (κ3) is 3.78. The highest BCUT2D eigenvalue weighted by Crippen LogP contribution is 2.22. The van der Waals surface area contributed by atoms with E-state index in [1.807, 2.05) is 13.8 Å². The fraction of sp³-hybridized carbons (Fsp3) is 0.385. The molecule has 0 aliphatic heterocycles. The van der Waals surface area contributed by atoms with Gasteiger partial charge in [-0.15, -0.1) is 0 Å². The summed E-state index contributed by atoms with van der Waals surface area (Å²) in [6.45, 7) is 3.24. The minimum atomic E-state index is -1.05. The lowest BCUT2D eigenvalue weighted by Crippen LogP contribution is -2.44. The zero-order valence-electron chi connectivity index (χ0n) is 11.0. The van der Waals surface area contributed by atoms with Gasteiger partial charge < -0.3 is 15.2 Å². The monoisotopic (exact) mass is 329 g/mol. The summed E-state index contributed by atoms with van der Waals surface area (Å²) in [5.41, 5.74) is 2.27. The summed E-state index contributed by atoms with van der Waals surface area (Å²) in [6, 6.07) is 2.36. The minimum Gasteiger partial charge on any atom is -0.467 e. The van der Waals surface area contributed by atoms with E-state index in [4.69, 9.17) is 5.11 Å².